The minimum atomic E-state index is -4.46. The lowest BCUT2D eigenvalue weighted by Gasteiger charge is -2.24. The van der Waals surface area contributed by atoms with Crippen molar-refractivity contribution in [1.29, 1.82) is 0 Å². The first-order chi connectivity index (χ1) is 28.5. The molecule has 3 aromatic carbocycles. The Labute approximate surface area is 344 Å². The van der Waals surface area contributed by atoms with Crippen LogP contribution in [0.1, 0.15) is 53.8 Å². The van der Waals surface area contributed by atoms with E-state index in [0.717, 1.165) is 14.4 Å². The van der Waals surface area contributed by atoms with Crippen LogP contribution in [-0.4, -0.2) is 81.5 Å². The van der Waals surface area contributed by atoms with Gasteiger partial charge in [-0.2, -0.15) is 13.0 Å². The van der Waals surface area contributed by atoms with Gasteiger partial charge < -0.3 is 15.6 Å². The Hall–Kier alpha value is -6.25. The van der Waals surface area contributed by atoms with Gasteiger partial charge in [-0.15, -0.1) is 0 Å². The molecule has 3 aromatic heterocycles. The first-order valence-corrected chi connectivity index (χ1v) is 22.1. The number of hydrogen-bond acceptors (Lipinski definition) is 10. The second kappa shape index (κ2) is 17.9. The van der Waals surface area contributed by atoms with E-state index in [1.54, 1.807) is 67.6 Å². The van der Waals surface area contributed by atoms with Crippen LogP contribution in [0.15, 0.2) is 87.3 Å². The van der Waals surface area contributed by atoms with E-state index in [1.807, 2.05) is 4.57 Å². The van der Waals surface area contributed by atoms with Gasteiger partial charge >= 0.3 is 5.69 Å². The Balaban J connectivity index is 1.14. The van der Waals surface area contributed by atoms with Gasteiger partial charge in [0.15, 0.2) is 12.1 Å². The zero-order valence-corrected chi connectivity index (χ0v) is 34.8. The molecule has 18 nitrogen and oxygen atoms in total. The topological polar surface area (TPSA) is 244 Å². The molecular weight excluding hydrogens is 817 g/mol. The highest BCUT2D eigenvalue weighted by Gasteiger charge is 2.34. The number of H-pyrrole nitrogens is 1. The van der Waals surface area contributed by atoms with E-state index in [0.29, 0.717) is 40.5 Å². The number of carbonyl (C=O) groups excluding carboxylic acids is 3. The molecule has 0 aliphatic carbocycles. The Morgan fingerprint density at radius 3 is 2.00 bits per heavy atom. The van der Waals surface area contributed by atoms with Crippen molar-refractivity contribution in [3.05, 3.63) is 111 Å². The third-order valence-electron chi connectivity index (χ3n) is 10.1. The normalized spacial score (nSPS) is 11.9. The molecule has 0 aliphatic rings. The summed E-state index contributed by atoms with van der Waals surface area (Å²) in [7, 11) is -5.81. The Kier molecular flexibility index (Phi) is 13.0. The summed E-state index contributed by atoms with van der Waals surface area (Å²) in [6, 6.07) is 19.8. The maximum absolute atomic E-state index is 14.8. The Morgan fingerprint density at radius 2 is 1.40 bits per heavy atom. The standard InChI is InChI=1S/C40H44N8O10S2/c1-26-18-20-27(21-19-26)60(57,58)48(38(51)35-28-11-4-6-13-30(28)47(22-10-24-59(54,55)56)31-14-7-5-12-29(31)35)23-9-17-34(50)42-25-41-33(49)16-8-15-32-43-36-37(44-32)45(2)40(53)46(3)39(36)52/h4-7,11-14,18-21H,8-10,15-17,22-25H2,1-3H3,(H3-,41,42,43,44,49,50,52,54,55,56)/p+1. The predicted octanol–water partition coefficient (Wildman–Crippen LogP) is 1.96. The fourth-order valence-corrected chi connectivity index (χ4v) is 8.90. The smallest absolute Gasteiger partial charge is 0.332 e. The van der Waals surface area contributed by atoms with E-state index in [9.17, 15) is 45.4 Å². The van der Waals surface area contributed by atoms with Gasteiger partial charge in [0.25, 0.3) is 31.6 Å². The molecule has 6 rings (SSSR count). The second-order valence-electron chi connectivity index (χ2n) is 14.3. The zero-order valence-electron chi connectivity index (χ0n) is 33.2. The highest BCUT2D eigenvalue weighted by molar-refractivity contribution is 7.89. The molecule has 0 saturated carbocycles. The van der Waals surface area contributed by atoms with Crippen LogP contribution >= 0.6 is 0 Å². The molecule has 60 heavy (non-hydrogen) atoms. The number of nitrogens with one attached hydrogen (secondary N) is 3. The molecule has 0 bridgehead atoms. The molecule has 20 heteroatoms. The van der Waals surface area contributed by atoms with Crippen LogP contribution < -0.4 is 26.4 Å². The summed E-state index contributed by atoms with van der Waals surface area (Å²) in [5.74, 6) is -1.72. The van der Waals surface area contributed by atoms with Crippen molar-refractivity contribution >= 4 is 70.8 Å². The molecule has 0 spiro atoms. The van der Waals surface area contributed by atoms with Gasteiger partial charge in [0.05, 0.1) is 33.7 Å². The summed E-state index contributed by atoms with van der Waals surface area (Å²) in [6.07, 6.45) is 0.585. The molecule has 316 valence electrons. The number of sulfonamides is 1. The number of imidazole rings is 1. The van der Waals surface area contributed by atoms with E-state index >= 15 is 0 Å². The van der Waals surface area contributed by atoms with Crippen LogP contribution in [0.2, 0.25) is 0 Å². The van der Waals surface area contributed by atoms with E-state index in [-0.39, 0.29) is 73.0 Å². The summed E-state index contributed by atoms with van der Waals surface area (Å²) in [6.45, 7) is 1.42. The van der Waals surface area contributed by atoms with Gasteiger partial charge in [-0.25, -0.2) is 22.5 Å². The average molecular weight is 862 g/mol. The van der Waals surface area contributed by atoms with Crippen molar-refractivity contribution in [3.8, 4) is 0 Å². The molecule has 0 saturated heterocycles. The van der Waals surface area contributed by atoms with Crippen LogP contribution in [0.5, 0.6) is 0 Å². The maximum atomic E-state index is 14.8. The lowest BCUT2D eigenvalue weighted by molar-refractivity contribution is -0.645. The second-order valence-corrected chi connectivity index (χ2v) is 17.8. The fraction of sp³-hybridized carbons (Fsp3) is 0.325. The van der Waals surface area contributed by atoms with Crippen LogP contribution in [0, 0.1) is 6.92 Å². The number of amides is 3. The molecule has 4 N–H and O–H groups in total. The Bertz CT molecular complexity index is 2920. The lowest BCUT2D eigenvalue weighted by Crippen LogP contribution is -2.41. The average Bonchev–Trinajstić information content (AvgIpc) is 3.64. The summed E-state index contributed by atoms with van der Waals surface area (Å²) in [4.78, 5) is 71.9. The summed E-state index contributed by atoms with van der Waals surface area (Å²) in [5.41, 5.74) is 1.37. The minimum Gasteiger partial charge on any atom is -0.339 e. The molecule has 0 radical (unpaired) electrons. The largest absolute Gasteiger partial charge is 0.339 e. The van der Waals surface area contributed by atoms with E-state index in [2.05, 4.69) is 20.6 Å². The number of carbonyl (C=O) groups is 3. The van der Waals surface area contributed by atoms with E-state index < -0.39 is 49.0 Å². The summed E-state index contributed by atoms with van der Waals surface area (Å²) < 4.78 is 65.8. The predicted molar refractivity (Wildman–Crippen MR) is 222 cm³/mol. The molecule has 3 heterocycles. The van der Waals surface area contributed by atoms with Crippen molar-refractivity contribution in [2.45, 2.75) is 56.9 Å². The molecule has 0 unspecified atom stereocenters. The van der Waals surface area contributed by atoms with Crippen LogP contribution in [-0.2, 0) is 56.8 Å². The van der Waals surface area contributed by atoms with Crippen LogP contribution in [0.4, 0.5) is 0 Å². The SMILES string of the molecule is Cc1ccc(S(=O)(=O)N(CCCC(=O)NCNC(=O)CCCc2nc3c(=O)n(C)c(=O)n(C)c3[nH]2)C(=O)c2c3ccccc3[n+](CCCS(=O)(=O)O)c3ccccc23)cc1. The van der Waals surface area contributed by atoms with E-state index in [4.69, 9.17) is 0 Å². The first kappa shape index (κ1) is 43.3. The van der Waals surface area contributed by atoms with Crippen molar-refractivity contribution in [3.63, 3.8) is 0 Å². The van der Waals surface area contributed by atoms with Gasteiger partial charge in [-0.1, -0.05) is 42.0 Å². The molecule has 0 atom stereocenters. The van der Waals surface area contributed by atoms with Crippen molar-refractivity contribution < 1.29 is 40.3 Å². The van der Waals surface area contributed by atoms with Crippen LogP contribution in [0.3, 0.4) is 0 Å². The van der Waals surface area contributed by atoms with E-state index in [1.165, 1.54) is 30.8 Å². The quantitative estimate of drug-likeness (QED) is 0.0447. The fourth-order valence-electron chi connectivity index (χ4n) is 6.99. The molecular formula is C40H45N8O10S2+. The van der Waals surface area contributed by atoms with Gasteiger partial charge in [0.1, 0.15) is 11.5 Å². The van der Waals surface area contributed by atoms with Gasteiger partial charge in [-0.3, -0.25) is 32.9 Å². The number of para-hydroxylation sites is 2. The monoisotopic (exact) mass is 861 g/mol. The number of benzene rings is 3. The van der Waals surface area contributed by atoms with Gasteiger partial charge in [0, 0.05) is 58.5 Å². The Morgan fingerprint density at radius 1 is 0.817 bits per heavy atom. The van der Waals surface area contributed by atoms with Crippen molar-refractivity contribution in [1.82, 2.24) is 34.0 Å². The third kappa shape index (κ3) is 9.45. The number of nitrogens with zero attached hydrogens (tertiary/aromatic N) is 5. The maximum Gasteiger partial charge on any atom is 0.332 e. The minimum absolute atomic E-state index is 0.0544. The number of pyridine rings is 1. The number of aromatic amines is 1. The summed E-state index contributed by atoms with van der Waals surface area (Å²) >= 11 is 0. The lowest BCUT2D eigenvalue weighted by atomic mass is 10.0. The number of fused-ring (bicyclic) bond motifs is 3. The molecule has 0 aliphatic heterocycles. The number of rotatable bonds is 17. The van der Waals surface area contributed by atoms with Crippen molar-refractivity contribution in [2.75, 3.05) is 19.0 Å². The van der Waals surface area contributed by atoms with Crippen molar-refractivity contribution in [2.24, 2.45) is 14.1 Å². The highest BCUT2D eigenvalue weighted by Crippen LogP contribution is 2.29. The molecule has 0 fully saturated rings. The van der Waals surface area contributed by atoms with Crippen LogP contribution in [0.25, 0.3) is 33.0 Å². The molecule has 6 aromatic rings. The summed E-state index contributed by atoms with van der Waals surface area (Å²) in [5, 5.41) is 6.02. The van der Waals surface area contributed by atoms with Gasteiger partial charge in [-0.05, 0) is 44.0 Å². The third-order valence-corrected chi connectivity index (χ3v) is 12.7. The number of aromatic nitrogens is 5. The number of hydrogen-bond donors (Lipinski definition) is 4. The number of aryl methyl sites for hydroxylation is 4. The van der Waals surface area contributed by atoms with Gasteiger partial charge in [0.2, 0.25) is 22.8 Å². The first-order valence-electron chi connectivity index (χ1n) is 19.1. The zero-order chi connectivity index (χ0) is 43.4. The highest BCUT2D eigenvalue weighted by atomic mass is 32.2. The molecule has 3 amide bonds.